The number of amides is 1. The molecule has 1 rings (SSSR count). The summed E-state index contributed by atoms with van der Waals surface area (Å²) in [7, 11) is 0. The lowest BCUT2D eigenvalue weighted by atomic mass is 10.2. The summed E-state index contributed by atoms with van der Waals surface area (Å²) < 4.78 is 37.0. The van der Waals surface area contributed by atoms with Crippen LogP contribution in [0.4, 0.5) is 13.2 Å². The summed E-state index contributed by atoms with van der Waals surface area (Å²) in [5.41, 5.74) is -0.199. The smallest absolute Gasteiger partial charge is 0.406 e. The van der Waals surface area contributed by atoms with Gasteiger partial charge in [0.15, 0.2) is 0 Å². The predicted molar refractivity (Wildman–Crippen MR) is 61.7 cm³/mol. The van der Waals surface area contributed by atoms with E-state index < -0.39 is 24.4 Å². The molecule has 0 saturated carbocycles. The number of nitrogens with zero attached hydrogens (tertiary/aromatic N) is 2. The van der Waals surface area contributed by atoms with Gasteiger partial charge in [-0.2, -0.15) is 13.2 Å². The van der Waals surface area contributed by atoms with Crippen molar-refractivity contribution in [3.63, 3.8) is 0 Å². The number of aromatic hydroxyl groups is 1. The molecule has 0 aliphatic carbocycles. The molecular formula is C10H10BrF3N2O2. The number of pyridine rings is 1. The SMILES string of the molecule is O=C(c1ccncc1O)N(CCBr)CC(F)(F)F. The molecule has 1 N–H and O–H groups in total. The zero-order chi connectivity index (χ0) is 13.8. The lowest BCUT2D eigenvalue weighted by molar-refractivity contribution is -0.140. The highest BCUT2D eigenvalue weighted by Crippen LogP contribution is 2.21. The van der Waals surface area contributed by atoms with Gasteiger partial charge in [-0.25, -0.2) is 0 Å². The molecule has 0 fully saturated rings. The van der Waals surface area contributed by atoms with Crippen LogP contribution in [0.15, 0.2) is 18.5 Å². The van der Waals surface area contributed by atoms with E-state index in [-0.39, 0.29) is 17.4 Å². The Balaban J connectivity index is 2.93. The molecule has 4 nitrogen and oxygen atoms in total. The van der Waals surface area contributed by atoms with Crippen molar-refractivity contribution >= 4 is 21.8 Å². The first kappa shape index (κ1) is 14.7. The first-order valence-electron chi connectivity index (χ1n) is 4.90. The topological polar surface area (TPSA) is 53.4 Å². The van der Waals surface area contributed by atoms with Gasteiger partial charge in [-0.3, -0.25) is 9.78 Å². The second-order valence-corrected chi connectivity index (χ2v) is 4.22. The Hall–Kier alpha value is -1.31. The van der Waals surface area contributed by atoms with Crippen LogP contribution in [-0.4, -0.2) is 45.5 Å². The first-order valence-corrected chi connectivity index (χ1v) is 6.02. The molecule has 0 aromatic carbocycles. The maximum absolute atomic E-state index is 12.3. The first-order chi connectivity index (χ1) is 8.35. The van der Waals surface area contributed by atoms with Crippen molar-refractivity contribution in [2.24, 2.45) is 0 Å². The molecule has 0 atom stereocenters. The molecule has 100 valence electrons. The van der Waals surface area contributed by atoms with E-state index in [1.165, 1.54) is 12.3 Å². The Morgan fingerprint density at radius 3 is 2.67 bits per heavy atom. The molecule has 0 aliphatic rings. The highest BCUT2D eigenvalue weighted by Gasteiger charge is 2.33. The van der Waals surface area contributed by atoms with Crippen molar-refractivity contribution in [3.05, 3.63) is 24.0 Å². The van der Waals surface area contributed by atoms with E-state index in [4.69, 9.17) is 0 Å². The van der Waals surface area contributed by atoms with Crippen LogP contribution in [0.1, 0.15) is 10.4 Å². The fourth-order valence-electron chi connectivity index (χ4n) is 1.31. The van der Waals surface area contributed by atoms with Crippen LogP contribution < -0.4 is 0 Å². The molecule has 0 bridgehead atoms. The van der Waals surface area contributed by atoms with Gasteiger partial charge < -0.3 is 10.0 Å². The van der Waals surface area contributed by atoms with Gasteiger partial charge in [0.1, 0.15) is 12.3 Å². The minimum Gasteiger partial charge on any atom is -0.505 e. The van der Waals surface area contributed by atoms with Gasteiger partial charge in [0, 0.05) is 18.1 Å². The van der Waals surface area contributed by atoms with Crippen LogP contribution >= 0.6 is 15.9 Å². The van der Waals surface area contributed by atoms with Crippen molar-refractivity contribution in [2.45, 2.75) is 6.18 Å². The largest absolute Gasteiger partial charge is 0.505 e. The lowest BCUT2D eigenvalue weighted by Crippen LogP contribution is -2.40. The molecule has 0 radical (unpaired) electrons. The van der Waals surface area contributed by atoms with Crippen LogP contribution in [-0.2, 0) is 0 Å². The number of alkyl halides is 4. The van der Waals surface area contributed by atoms with E-state index >= 15 is 0 Å². The quantitative estimate of drug-likeness (QED) is 0.863. The van der Waals surface area contributed by atoms with E-state index in [1.54, 1.807) is 0 Å². The standard InChI is InChI=1S/C10H10BrF3N2O2/c11-2-4-16(6-10(12,13)14)9(18)7-1-3-15-5-8(7)17/h1,3,5,17H,2,4,6H2. The number of rotatable bonds is 4. The molecule has 0 saturated heterocycles. The summed E-state index contributed by atoms with van der Waals surface area (Å²) in [6.45, 7) is -1.47. The highest BCUT2D eigenvalue weighted by atomic mass is 79.9. The molecule has 1 aromatic rings. The van der Waals surface area contributed by atoms with Crippen LogP contribution in [0, 0.1) is 0 Å². The van der Waals surface area contributed by atoms with Crippen molar-refractivity contribution < 1.29 is 23.1 Å². The molecular weight excluding hydrogens is 317 g/mol. The van der Waals surface area contributed by atoms with E-state index in [9.17, 15) is 23.1 Å². The summed E-state index contributed by atoms with van der Waals surface area (Å²) in [5, 5.41) is 9.60. The van der Waals surface area contributed by atoms with Crippen molar-refractivity contribution in [1.29, 1.82) is 0 Å². The Kier molecular flexibility index (Phi) is 4.94. The van der Waals surface area contributed by atoms with Crippen molar-refractivity contribution in [1.82, 2.24) is 9.88 Å². The molecule has 8 heteroatoms. The van der Waals surface area contributed by atoms with Crippen LogP contribution in [0.5, 0.6) is 5.75 Å². The van der Waals surface area contributed by atoms with Crippen molar-refractivity contribution in [2.75, 3.05) is 18.4 Å². The molecule has 0 aliphatic heterocycles. The Morgan fingerprint density at radius 2 is 2.17 bits per heavy atom. The van der Waals surface area contributed by atoms with Gasteiger partial charge in [-0.05, 0) is 6.07 Å². The predicted octanol–water partition coefficient (Wildman–Crippen LogP) is 2.19. The Morgan fingerprint density at radius 1 is 1.50 bits per heavy atom. The number of carbonyl (C=O) groups excluding carboxylic acids is 1. The van der Waals surface area contributed by atoms with Gasteiger partial charge in [0.2, 0.25) is 0 Å². The van der Waals surface area contributed by atoms with Crippen LogP contribution in [0.3, 0.4) is 0 Å². The Bertz CT molecular complexity index is 426. The van der Waals surface area contributed by atoms with Gasteiger partial charge in [-0.1, -0.05) is 15.9 Å². The van der Waals surface area contributed by atoms with E-state index in [0.29, 0.717) is 4.90 Å². The second kappa shape index (κ2) is 6.03. The highest BCUT2D eigenvalue weighted by molar-refractivity contribution is 9.09. The van der Waals surface area contributed by atoms with Crippen LogP contribution in [0.25, 0.3) is 0 Å². The summed E-state index contributed by atoms with van der Waals surface area (Å²) >= 11 is 2.98. The third kappa shape index (κ3) is 4.17. The molecule has 1 heterocycles. The maximum atomic E-state index is 12.3. The van der Waals surface area contributed by atoms with Gasteiger partial charge >= 0.3 is 6.18 Å². The lowest BCUT2D eigenvalue weighted by Gasteiger charge is -2.23. The van der Waals surface area contributed by atoms with Gasteiger partial charge in [0.05, 0.1) is 11.8 Å². The Labute approximate surface area is 110 Å². The minimum atomic E-state index is -4.49. The maximum Gasteiger partial charge on any atom is 0.406 e. The average Bonchev–Trinajstić information content (AvgIpc) is 2.26. The monoisotopic (exact) mass is 326 g/mol. The normalized spacial score (nSPS) is 11.3. The molecule has 0 unspecified atom stereocenters. The van der Waals surface area contributed by atoms with E-state index in [2.05, 4.69) is 20.9 Å². The number of aromatic nitrogens is 1. The summed E-state index contributed by atoms with van der Waals surface area (Å²) in [6, 6.07) is 1.18. The zero-order valence-electron chi connectivity index (χ0n) is 9.12. The summed E-state index contributed by atoms with van der Waals surface area (Å²) in [4.78, 5) is 16.0. The number of halogens is 4. The van der Waals surface area contributed by atoms with Crippen LogP contribution in [0.2, 0.25) is 0 Å². The van der Waals surface area contributed by atoms with E-state index in [1.807, 2.05) is 0 Å². The number of carbonyl (C=O) groups is 1. The summed E-state index contributed by atoms with van der Waals surface area (Å²) in [5.74, 6) is -1.32. The second-order valence-electron chi connectivity index (χ2n) is 3.42. The third-order valence-electron chi connectivity index (χ3n) is 2.04. The molecule has 0 spiro atoms. The third-order valence-corrected chi connectivity index (χ3v) is 2.40. The fraction of sp³-hybridized carbons (Fsp3) is 0.400. The molecule has 18 heavy (non-hydrogen) atoms. The fourth-order valence-corrected chi connectivity index (χ4v) is 1.74. The number of hydrogen-bond acceptors (Lipinski definition) is 3. The van der Waals surface area contributed by atoms with E-state index in [0.717, 1.165) is 6.20 Å². The van der Waals surface area contributed by atoms with Crippen molar-refractivity contribution in [3.8, 4) is 5.75 Å². The number of hydrogen-bond donors (Lipinski definition) is 1. The zero-order valence-corrected chi connectivity index (χ0v) is 10.7. The average molecular weight is 327 g/mol. The van der Waals surface area contributed by atoms with Gasteiger partial charge in [0.25, 0.3) is 5.91 Å². The molecule has 1 amide bonds. The molecule has 1 aromatic heterocycles. The summed E-state index contributed by atoms with van der Waals surface area (Å²) in [6.07, 6.45) is -2.25. The minimum absolute atomic E-state index is 0.111. The van der Waals surface area contributed by atoms with Gasteiger partial charge in [-0.15, -0.1) is 0 Å².